The second kappa shape index (κ2) is 13.2. The van der Waals surface area contributed by atoms with E-state index in [-0.39, 0.29) is 0 Å². The molecule has 0 aromatic carbocycles. The molecule has 0 aliphatic rings. The second-order valence-corrected chi connectivity index (χ2v) is 44.8. The minimum absolute atomic E-state index is 1.25. The molecular formula is C20H48Cl4Si5. The van der Waals surface area contributed by atoms with E-state index in [0.29, 0.717) is 0 Å². The van der Waals surface area contributed by atoms with Gasteiger partial charge in [-0.05, 0) is 24.2 Å². The van der Waals surface area contributed by atoms with Crippen LogP contribution in [-0.4, -0.2) is 37.6 Å². The maximum Gasteiger partial charge on any atom is 0.150 e. The Hall–Kier alpha value is 2.24. The van der Waals surface area contributed by atoms with Crippen LogP contribution >= 0.6 is 44.3 Å². The summed E-state index contributed by atoms with van der Waals surface area (Å²) in [4.78, 5) is 0. The van der Waals surface area contributed by atoms with E-state index < -0.39 is 37.6 Å². The van der Waals surface area contributed by atoms with Crippen LogP contribution < -0.4 is 0 Å². The highest BCUT2D eigenvalue weighted by Crippen LogP contribution is 2.38. The molecule has 0 saturated heterocycles. The van der Waals surface area contributed by atoms with Crippen molar-refractivity contribution in [1.82, 2.24) is 0 Å². The van der Waals surface area contributed by atoms with Gasteiger partial charge in [0.15, 0.2) is 0 Å². The maximum absolute atomic E-state index is 6.67. The van der Waals surface area contributed by atoms with E-state index in [1.165, 1.54) is 74.0 Å². The molecule has 0 aromatic heterocycles. The summed E-state index contributed by atoms with van der Waals surface area (Å²) in [5.41, 5.74) is 0. The quantitative estimate of drug-likeness (QED) is 0.128. The van der Waals surface area contributed by atoms with Crippen LogP contribution in [0, 0.1) is 0 Å². The van der Waals surface area contributed by atoms with Crippen molar-refractivity contribution in [3.63, 3.8) is 0 Å². The lowest BCUT2D eigenvalue weighted by molar-refractivity contribution is 0.867. The van der Waals surface area contributed by atoms with Crippen molar-refractivity contribution in [2.75, 3.05) is 0 Å². The topological polar surface area (TPSA) is 0 Å². The summed E-state index contributed by atoms with van der Waals surface area (Å²) in [5.74, 6) is 0. The molecule has 0 saturated carbocycles. The molecule has 0 spiro atoms. The number of rotatable bonds is 16. The molecule has 0 amide bonds. The van der Waals surface area contributed by atoms with E-state index in [1.54, 1.807) is 0 Å². The second-order valence-electron chi connectivity index (χ2n) is 11.8. The number of hydrogen-bond acceptors (Lipinski definition) is 0. The van der Waals surface area contributed by atoms with Gasteiger partial charge in [-0.15, -0.1) is 0 Å². The zero-order valence-electron chi connectivity index (χ0n) is 20.5. The third kappa shape index (κ3) is 20.6. The van der Waals surface area contributed by atoms with E-state index in [1.807, 2.05) is 0 Å². The van der Waals surface area contributed by atoms with E-state index in [2.05, 4.69) is 52.4 Å². The van der Waals surface area contributed by atoms with Crippen molar-refractivity contribution in [2.45, 2.75) is 126 Å². The molecule has 0 aliphatic carbocycles. The summed E-state index contributed by atoms with van der Waals surface area (Å²) in [6.45, 7) is 18.4. The third-order valence-electron chi connectivity index (χ3n) is 5.91. The molecule has 0 nitrogen and oxygen atoms in total. The Labute approximate surface area is 207 Å². The first-order valence-electron chi connectivity index (χ1n) is 11.6. The van der Waals surface area contributed by atoms with E-state index in [4.69, 9.17) is 44.3 Å². The molecule has 0 atom stereocenters. The molecule has 0 bridgehead atoms. The van der Waals surface area contributed by atoms with E-state index in [0.717, 1.165) is 0 Å². The standard InChI is InChI=1S/C20H48Cl4Si5/c1-25(2,21)13-9-17-29(18-10-14-26(3,4)22,19-11-15-27(5,6)23)20-12-16-28(7,8)24/h9-20H2,1-8H3. The minimum atomic E-state index is -1.49. The lowest BCUT2D eigenvalue weighted by Crippen LogP contribution is -2.36. The lowest BCUT2D eigenvalue weighted by Gasteiger charge is -2.35. The van der Waals surface area contributed by atoms with Crippen LogP contribution in [0.5, 0.6) is 0 Å². The Morgan fingerprint density at radius 1 is 0.345 bits per heavy atom. The van der Waals surface area contributed by atoms with Gasteiger partial charge >= 0.3 is 0 Å². The summed E-state index contributed by atoms with van der Waals surface area (Å²) >= 11 is 26.7. The molecule has 0 rings (SSSR count). The van der Waals surface area contributed by atoms with Gasteiger partial charge in [0.25, 0.3) is 0 Å². The van der Waals surface area contributed by atoms with Gasteiger partial charge in [-0.1, -0.05) is 102 Å². The zero-order valence-corrected chi connectivity index (χ0v) is 28.5. The molecular weight excluding hydrogens is 522 g/mol. The van der Waals surface area contributed by atoms with Crippen LogP contribution in [0.25, 0.3) is 0 Å². The predicted molar refractivity (Wildman–Crippen MR) is 156 cm³/mol. The monoisotopic (exact) mass is 568 g/mol. The maximum atomic E-state index is 6.67. The fourth-order valence-electron chi connectivity index (χ4n) is 4.29. The summed E-state index contributed by atoms with van der Waals surface area (Å²) in [6.07, 6.45) is 5.33. The molecule has 176 valence electrons. The van der Waals surface area contributed by atoms with Crippen LogP contribution in [0.3, 0.4) is 0 Å². The highest BCUT2D eigenvalue weighted by atomic mass is 35.6. The first-order valence-corrected chi connectivity index (χ1v) is 31.3. The van der Waals surface area contributed by atoms with Crippen molar-refractivity contribution in [3.05, 3.63) is 0 Å². The Morgan fingerprint density at radius 3 is 0.655 bits per heavy atom. The van der Waals surface area contributed by atoms with Crippen molar-refractivity contribution >= 4 is 81.9 Å². The zero-order chi connectivity index (χ0) is 23.0. The first kappa shape index (κ1) is 31.2. The Balaban J connectivity index is 5.26. The van der Waals surface area contributed by atoms with Gasteiger partial charge in [-0.3, -0.25) is 0 Å². The summed E-state index contributed by atoms with van der Waals surface area (Å²) in [6, 6.07) is 10.8. The van der Waals surface area contributed by atoms with Crippen molar-refractivity contribution in [1.29, 1.82) is 0 Å². The average molecular weight is 571 g/mol. The molecule has 0 heterocycles. The highest BCUT2D eigenvalue weighted by Gasteiger charge is 2.34. The van der Waals surface area contributed by atoms with Gasteiger partial charge in [0.2, 0.25) is 0 Å². The summed E-state index contributed by atoms with van der Waals surface area (Å²) < 4.78 is 0. The Morgan fingerprint density at radius 2 is 0.517 bits per heavy atom. The van der Waals surface area contributed by atoms with Crippen LogP contribution in [0.2, 0.25) is 101 Å². The van der Waals surface area contributed by atoms with Crippen molar-refractivity contribution in [3.8, 4) is 0 Å². The fourth-order valence-corrected chi connectivity index (χ4v) is 16.6. The van der Waals surface area contributed by atoms with Gasteiger partial charge in [0.1, 0.15) is 29.5 Å². The minimum Gasteiger partial charge on any atom is -0.168 e. The van der Waals surface area contributed by atoms with Gasteiger partial charge in [-0.25, -0.2) is 0 Å². The molecule has 0 aliphatic heterocycles. The summed E-state index contributed by atoms with van der Waals surface area (Å²) in [5, 5.41) is 0. The van der Waals surface area contributed by atoms with Gasteiger partial charge in [0.05, 0.1) is 8.07 Å². The van der Waals surface area contributed by atoms with Crippen molar-refractivity contribution in [2.24, 2.45) is 0 Å². The number of hydrogen-bond donors (Lipinski definition) is 0. The van der Waals surface area contributed by atoms with Gasteiger partial charge < -0.3 is 0 Å². The molecule has 0 aromatic rings. The molecule has 0 fully saturated rings. The van der Waals surface area contributed by atoms with Crippen LogP contribution in [-0.2, 0) is 0 Å². The predicted octanol–water partition coefficient (Wildman–Crippen LogP) is 10.8. The van der Waals surface area contributed by atoms with Crippen LogP contribution in [0.15, 0.2) is 0 Å². The van der Waals surface area contributed by atoms with Crippen LogP contribution in [0.4, 0.5) is 0 Å². The van der Waals surface area contributed by atoms with Crippen molar-refractivity contribution < 1.29 is 0 Å². The average Bonchev–Trinajstić information content (AvgIpc) is 2.41. The summed E-state index contributed by atoms with van der Waals surface area (Å²) in [7, 11) is -7.30. The molecule has 0 N–H and O–H groups in total. The SMILES string of the molecule is C[Si](C)(Cl)CCC[Si](CCC[Si](C)(C)Cl)(CCC[Si](C)(C)Cl)CCC[Si](C)(C)Cl. The van der Waals surface area contributed by atoms with Crippen LogP contribution in [0.1, 0.15) is 25.7 Å². The number of halogens is 4. The lowest BCUT2D eigenvalue weighted by atomic mass is 10.5. The van der Waals surface area contributed by atoms with Gasteiger partial charge in [0, 0.05) is 0 Å². The van der Waals surface area contributed by atoms with E-state index in [9.17, 15) is 0 Å². The largest absolute Gasteiger partial charge is 0.168 e. The molecule has 9 heteroatoms. The Kier molecular flexibility index (Phi) is 14.2. The van der Waals surface area contributed by atoms with Gasteiger partial charge in [-0.2, -0.15) is 44.3 Å². The normalized spacial score (nSPS) is 14.5. The molecule has 29 heavy (non-hydrogen) atoms. The molecule has 0 unspecified atom stereocenters. The first-order chi connectivity index (χ1) is 12.8. The third-order valence-corrected chi connectivity index (χ3v) is 20.0. The fraction of sp³-hybridized carbons (Fsp3) is 1.00. The highest BCUT2D eigenvalue weighted by molar-refractivity contribution is 7.20. The van der Waals surface area contributed by atoms with E-state index >= 15 is 0 Å². The molecule has 0 radical (unpaired) electrons. The Bertz CT molecular complexity index is 362. The smallest absolute Gasteiger partial charge is 0.150 e.